The minimum atomic E-state index is -0.118. The van der Waals surface area contributed by atoms with E-state index in [2.05, 4.69) is 22.4 Å². The molecule has 6 heteroatoms. The van der Waals surface area contributed by atoms with E-state index in [0.717, 1.165) is 27.9 Å². The van der Waals surface area contributed by atoms with Crippen molar-refractivity contribution in [3.8, 4) is 0 Å². The molecule has 3 aromatic rings. The summed E-state index contributed by atoms with van der Waals surface area (Å²) in [5, 5.41) is 10.4. The fourth-order valence-corrected chi connectivity index (χ4v) is 3.92. The molecule has 0 aliphatic carbocycles. The molecular weight excluding hydrogens is 392 g/mol. The van der Waals surface area contributed by atoms with E-state index >= 15 is 0 Å². The standard InChI is InChI=1S/C24H22N4OS/c1-28-24(25-16-18-8-4-2-5-9-18)30-17-22(27-28)19-12-14-21(15-13-19)26-23(29)20-10-6-3-7-11-20/h2-15H,16-17H2,1H3,(H,26,29). The zero-order chi connectivity index (χ0) is 20.8. The van der Waals surface area contributed by atoms with Gasteiger partial charge in [0, 0.05) is 24.1 Å². The van der Waals surface area contributed by atoms with Gasteiger partial charge in [0.15, 0.2) is 5.17 Å². The summed E-state index contributed by atoms with van der Waals surface area (Å²) in [6.07, 6.45) is 0. The Labute approximate surface area is 180 Å². The van der Waals surface area contributed by atoms with Crippen molar-refractivity contribution in [2.24, 2.45) is 10.1 Å². The van der Waals surface area contributed by atoms with Crippen molar-refractivity contribution in [2.75, 3.05) is 18.1 Å². The third-order valence-electron chi connectivity index (χ3n) is 4.64. The summed E-state index contributed by atoms with van der Waals surface area (Å²) in [6, 6.07) is 27.2. The van der Waals surface area contributed by atoms with Gasteiger partial charge in [0.1, 0.15) is 0 Å². The number of carbonyl (C=O) groups excluding carboxylic acids is 1. The number of aliphatic imine (C=N–C) groups is 1. The van der Waals surface area contributed by atoms with Gasteiger partial charge in [-0.3, -0.25) is 9.79 Å². The lowest BCUT2D eigenvalue weighted by Gasteiger charge is -2.23. The van der Waals surface area contributed by atoms with Gasteiger partial charge in [-0.2, -0.15) is 5.10 Å². The third kappa shape index (κ3) is 4.96. The van der Waals surface area contributed by atoms with Crippen molar-refractivity contribution in [3.05, 3.63) is 102 Å². The summed E-state index contributed by atoms with van der Waals surface area (Å²) in [7, 11) is 1.92. The maximum absolute atomic E-state index is 12.3. The first-order chi connectivity index (χ1) is 14.7. The molecule has 3 aromatic carbocycles. The summed E-state index contributed by atoms with van der Waals surface area (Å²) in [6.45, 7) is 0.647. The first kappa shape index (κ1) is 19.9. The second-order valence-electron chi connectivity index (χ2n) is 6.84. The van der Waals surface area contributed by atoms with E-state index in [0.29, 0.717) is 12.1 Å². The highest BCUT2D eigenvalue weighted by atomic mass is 32.2. The van der Waals surface area contributed by atoms with Crippen LogP contribution in [0.15, 0.2) is 95.0 Å². The zero-order valence-electron chi connectivity index (χ0n) is 16.7. The molecule has 30 heavy (non-hydrogen) atoms. The molecule has 0 fully saturated rings. The molecular formula is C24H22N4OS. The Hall–Kier alpha value is -3.38. The van der Waals surface area contributed by atoms with E-state index in [9.17, 15) is 4.79 Å². The molecule has 1 N–H and O–H groups in total. The van der Waals surface area contributed by atoms with Crippen molar-refractivity contribution < 1.29 is 4.79 Å². The van der Waals surface area contributed by atoms with E-state index in [1.807, 2.05) is 72.7 Å². The lowest BCUT2D eigenvalue weighted by molar-refractivity contribution is 0.102. The summed E-state index contributed by atoms with van der Waals surface area (Å²) < 4.78 is 0. The van der Waals surface area contributed by atoms with Crippen LogP contribution in [-0.4, -0.2) is 34.6 Å². The Morgan fingerprint density at radius 3 is 2.33 bits per heavy atom. The van der Waals surface area contributed by atoms with Crippen LogP contribution in [0.4, 0.5) is 5.69 Å². The molecule has 0 atom stereocenters. The number of rotatable bonds is 5. The molecule has 0 saturated heterocycles. The summed E-state index contributed by atoms with van der Waals surface area (Å²) in [4.78, 5) is 17.0. The van der Waals surface area contributed by atoms with Crippen LogP contribution in [0.25, 0.3) is 0 Å². The minimum Gasteiger partial charge on any atom is -0.322 e. The van der Waals surface area contributed by atoms with Crippen LogP contribution < -0.4 is 5.32 Å². The van der Waals surface area contributed by atoms with Gasteiger partial charge in [-0.1, -0.05) is 72.4 Å². The maximum atomic E-state index is 12.3. The molecule has 5 nitrogen and oxygen atoms in total. The van der Waals surface area contributed by atoms with Gasteiger partial charge in [0.25, 0.3) is 5.91 Å². The van der Waals surface area contributed by atoms with Crippen LogP contribution in [-0.2, 0) is 6.54 Å². The molecule has 0 saturated carbocycles. The van der Waals surface area contributed by atoms with Crippen LogP contribution in [0.5, 0.6) is 0 Å². The van der Waals surface area contributed by atoms with Crippen LogP contribution in [0, 0.1) is 0 Å². The molecule has 1 aliphatic heterocycles. The lowest BCUT2D eigenvalue weighted by atomic mass is 10.1. The molecule has 0 bridgehead atoms. The van der Waals surface area contributed by atoms with Crippen LogP contribution in [0.3, 0.4) is 0 Å². The number of nitrogens with zero attached hydrogens (tertiary/aromatic N) is 3. The van der Waals surface area contributed by atoms with Crippen molar-refractivity contribution in [3.63, 3.8) is 0 Å². The quantitative estimate of drug-likeness (QED) is 0.647. The van der Waals surface area contributed by atoms with E-state index in [4.69, 9.17) is 5.10 Å². The molecule has 0 radical (unpaired) electrons. The number of carbonyl (C=O) groups is 1. The molecule has 1 heterocycles. The number of hydrogen-bond donors (Lipinski definition) is 1. The number of amides is 1. The van der Waals surface area contributed by atoms with Gasteiger partial charge in [0.2, 0.25) is 0 Å². The van der Waals surface area contributed by atoms with E-state index in [1.54, 1.807) is 23.9 Å². The SMILES string of the molecule is CN1N=C(c2ccc(NC(=O)c3ccccc3)cc2)CSC1=NCc1ccccc1. The van der Waals surface area contributed by atoms with Gasteiger partial charge in [-0.15, -0.1) is 0 Å². The van der Waals surface area contributed by atoms with Crippen LogP contribution >= 0.6 is 11.8 Å². The highest BCUT2D eigenvalue weighted by Crippen LogP contribution is 2.21. The van der Waals surface area contributed by atoms with Gasteiger partial charge < -0.3 is 5.32 Å². The largest absolute Gasteiger partial charge is 0.322 e. The highest BCUT2D eigenvalue weighted by Gasteiger charge is 2.17. The Balaban J connectivity index is 1.40. The summed E-state index contributed by atoms with van der Waals surface area (Å²) in [5.41, 5.74) is 4.60. The van der Waals surface area contributed by atoms with Gasteiger partial charge in [0.05, 0.1) is 12.3 Å². The first-order valence-electron chi connectivity index (χ1n) is 9.68. The fourth-order valence-electron chi connectivity index (χ4n) is 3.05. The predicted molar refractivity (Wildman–Crippen MR) is 125 cm³/mol. The first-order valence-corrected chi connectivity index (χ1v) is 10.7. The van der Waals surface area contributed by atoms with Crippen LogP contribution in [0.1, 0.15) is 21.5 Å². The molecule has 0 unspecified atom stereocenters. The Kier molecular flexibility index (Phi) is 6.25. The highest BCUT2D eigenvalue weighted by molar-refractivity contribution is 8.14. The molecule has 150 valence electrons. The fraction of sp³-hybridized carbons (Fsp3) is 0.125. The van der Waals surface area contributed by atoms with Gasteiger partial charge >= 0.3 is 0 Å². The van der Waals surface area contributed by atoms with Crippen molar-refractivity contribution >= 4 is 34.2 Å². The molecule has 1 aliphatic rings. The Bertz CT molecular complexity index is 1060. The second-order valence-corrected chi connectivity index (χ2v) is 7.78. The Morgan fingerprint density at radius 2 is 1.67 bits per heavy atom. The Morgan fingerprint density at radius 1 is 1.00 bits per heavy atom. The smallest absolute Gasteiger partial charge is 0.255 e. The van der Waals surface area contributed by atoms with Gasteiger partial charge in [-0.05, 0) is 35.4 Å². The van der Waals surface area contributed by atoms with Crippen molar-refractivity contribution in [1.29, 1.82) is 0 Å². The lowest BCUT2D eigenvalue weighted by Crippen LogP contribution is -2.27. The normalized spacial score (nSPS) is 15.0. The number of benzene rings is 3. The van der Waals surface area contributed by atoms with Crippen molar-refractivity contribution in [2.45, 2.75) is 6.54 Å². The second kappa shape index (κ2) is 9.41. The topological polar surface area (TPSA) is 57.1 Å². The van der Waals surface area contributed by atoms with Crippen molar-refractivity contribution in [1.82, 2.24) is 5.01 Å². The molecule has 4 rings (SSSR count). The number of amidine groups is 1. The van der Waals surface area contributed by atoms with Gasteiger partial charge in [-0.25, -0.2) is 5.01 Å². The molecule has 0 aromatic heterocycles. The predicted octanol–water partition coefficient (Wildman–Crippen LogP) is 4.88. The summed E-state index contributed by atoms with van der Waals surface area (Å²) >= 11 is 1.68. The third-order valence-corrected chi connectivity index (χ3v) is 5.71. The number of anilines is 1. The average Bonchev–Trinajstić information content (AvgIpc) is 2.80. The summed E-state index contributed by atoms with van der Waals surface area (Å²) in [5.74, 6) is 0.640. The maximum Gasteiger partial charge on any atom is 0.255 e. The zero-order valence-corrected chi connectivity index (χ0v) is 17.5. The minimum absolute atomic E-state index is 0.118. The van der Waals surface area contributed by atoms with E-state index < -0.39 is 0 Å². The number of nitrogens with one attached hydrogen (secondary N) is 1. The van der Waals surface area contributed by atoms with Crippen LogP contribution in [0.2, 0.25) is 0 Å². The molecule has 1 amide bonds. The number of thioether (sulfide) groups is 1. The van der Waals surface area contributed by atoms with E-state index in [-0.39, 0.29) is 5.91 Å². The average molecular weight is 415 g/mol. The monoisotopic (exact) mass is 414 g/mol. The van der Waals surface area contributed by atoms with E-state index in [1.165, 1.54) is 5.56 Å². The number of hydrazone groups is 1. The number of hydrogen-bond acceptors (Lipinski definition) is 4. The molecule has 0 spiro atoms.